The van der Waals surface area contributed by atoms with Gasteiger partial charge in [0.05, 0.1) is 19.3 Å². The fraction of sp³-hybridized carbons (Fsp3) is 0.846. The van der Waals surface area contributed by atoms with Crippen molar-refractivity contribution in [2.24, 2.45) is 5.41 Å². The Balaban J connectivity index is 2.39. The van der Waals surface area contributed by atoms with Crippen molar-refractivity contribution in [3.05, 3.63) is 0 Å². The molecule has 1 atom stereocenters. The number of aliphatic hydroxyl groups is 1. The van der Waals surface area contributed by atoms with Crippen molar-refractivity contribution in [1.29, 1.82) is 0 Å². The lowest BCUT2D eigenvalue weighted by Gasteiger charge is -2.35. The SMILES string of the molecule is COCCNCC(O)CN1C(=O)CC(C)(C)CC1=O. The van der Waals surface area contributed by atoms with E-state index in [1.165, 1.54) is 4.90 Å². The van der Waals surface area contributed by atoms with Gasteiger partial charge in [-0.05, 0) is 5.41 Å². The molecule has 0 bridgehead atoms. The number of piperidine rings is 1. The molecule has 1 rings (SSSR count). The maximum Gasteiger partial charge on any atom is 0.229 e. The van der Waals surface area contributed by atoms with Gasteiger partial charge < -0.3 is 15.2 Å². The highest BCUT2D eigenvalue weighted by Crippen LogP contribution is 2.31. The summed E-state index contributed by atoms with van der Waals surface area (Å²) in [6.07, 6.45) is -0.0449. The van der Waals surface area contributed by atoms with Crippen molar-refractivity contribution in [3.63, 3.8) is 0 Å². The van der Waals surface area contributed by atoms with E-state index in [4.69, 9.17) is 4.74 Å². The number of carbonyl (C=O) groups is 2. The number of methoxy groups -OCH3 is 1. The highest BCUT2D eigenvalue weighted by atomic mass is 16.5. The number of nitrogens with zero attached hydrogens (tertiary/aromatic N) is 1. The van der Waals surface area contributed by atoms with Crippen molar-refractivity contribution in [2.75, 3.05) is 33.4 Å². The van der Waals surface area contributed by atoms with Gasteiger partial charge in [0.15, 0.2) is 0 Å². The molecule has 2 amide bonds. The first-order valence-electron chi connectivity index (χ1n) is 6.56. The first-order valence-corrected chi connectivity index (χ1v) is 6.56. The zero-order valence-electron chi connectivity index (χ0n) is 11.9. The minimum absolute atomic E-state index is 0.0632. The highest BCUT2D eigenvalue weighted by Gasteiger charge is 2.37. The Kier molecular flexibility index (Phi) is 5.90. The standard InChI is InChI=1S/C13H24N2O4/c1-13(2)6-11(17)15(12(18)7-13)9-10(16)8-14-4-5-19-3/h10,14,16H,4-9H2,1-3H3. The maximum absolute atomic E-state index is 11.9. The first kappa shape index (κ1) is 16.1. The Morgan fingerprint density at radius 1 is 1.37 bits per heavy atom. The Labute approximate surface area is 114 Å². The van der Waals surface area contributed by atoms with Crippen molar-refractivity contribution in [1.82, 2.24) is 10.2 Å². The van der Waals surface area contributed by atoms with E-state index in [0.717, 1.165) is 0 Å². The number of ether oxygens (including phenoxy) is 1. The van der Waals surface area contributed by atoms with Crippen LogP contribution in [0.4, 0.5) is 0 Å². The van der Waals surface area contributed by atoms with E-state index in [2.05, 4.69) is 5.32 Å². The molecule has 6 heteroatoms. The second kappa shape index (κ2) is 6.98. The summed E-state index contributed by atoms with van der Waals surface area (Å²) in [5.41, 5.74) is -0.271. The molecule has 1 aliphatic rings. The Morgan fingerprint density at radius 2 is 1.95 bits per heavy atom. The van der Waals surface area contributed by atoms with Crippen molar-refractivity contribution >= 4 is 11.8 Å². The van der Waals surface area contributed by atoms with E-state index in [1.54, 1.807) is 7.11 Å². The van der Waals surface area contributed by atoms with E-state index in [0.29, 0.717) is 32.5 Å². The smallest absolute Gasteiger partial charge is 0.229 e. The number of nitrogens with one attached hydrogen (secondary N) is 1. The lowest BCUT2D eigenvalue weighted by atomic mass is 9.81. The molecule has 1 fully saturated rings. The molecule has 1 saturated heterocycles. The fourth-order valence-electron chi connectivity index (χ4n) is 2.13. The number of likely N-dealkylation sites (tertiary alicyclic amines) is 1. The van der Waals surface area contributed by atoms with E-state index in [1.807, 2.05) is 13.8 Å². The van der Waals surface area contributed by atoms with Crippen LogP contribution in [0.3, 0.4) is 0 Å². The van der Waals surface area contributed by atoms with E-state index >= 15 is 0 Å². The molecule has 6 nitrogen and oxygen atoms in total. The van der Waals surface area contributed by atoms with Crippen molar-refractivity contribution in [3.8, 4) is 0 Å². The third-order valence-electron chi connectivity index (χ3n) is 3.12. The summed E-state index contributed by atoms with van der Waals surface area (Å²) in [6.45, 7) is 5.40. The van der Waals surface area contributed by atoms with Crippen LogP contribution < -0.4 is 5.32 Å². The summed E-state index contributed by atoms with van der Waals surface area (Å²) in [4.78, 5) is 24.9. The van der Waals surface area contributed by atoms with Gasteiger partial charge in [-0.1, -0.05) is 13.8 Å². The zero-order valence-corrected chi connectivity index (χ0v) is 11.9. The highest BCUT2D eigenvalue weighted by molar-refractivity contribution is 5.98. The molecule has 1 unspecified atom stereocenters. The van der Waals surface area contributed by atoms with Gasteiger partial charge in [0, 0.05) is 33.0 Å². The summed E-state index contributed by atoms with van der Waals surface area (Å²) in [7, 11) is 1.60. The number of imide groups is 1. The molecule has 0 aliphatic carbocycles. The monoisotopic (exact) mass is 272 g/mol. The zero-order chi connectivity index (χ0) is 14.5. The van der Waals surface area contributed by atoms with Gasteiger partial charge in [-0.3, -0.25) is 14.5 Å². The lowest BCUT2D eigenvalue weighted by Crippen LogP contribution is -2.50. The van der Waals surface area contributed by atoms with Crippen molar-refractivity contribution in [2.45, 2.75) is 32.8 Å². The Morgan fingerprint density at radius 3 is 2.47 bits per heavy atom. The predicted molar refractivity (Wildman–Crippen MR) is 70.5 cm³/mol. The first-order chi connectivity index (χ1) is 8.85. The minimum Gasteiger partial charge on any atom is -0.390 e. The van der Waals surface area contributed by atoms with Crippen LogP contribution in [0.5, 0.6) is 0 Å². The number of hydrogen-bond acceptors (Lipinski definition) is 5. The summed E-state index contributed by atoms with van der Waals surface area (Å²) in [5.74, 6) is -0.394. The summed E-state index contributed by atoms with van der Waals surface area (Å²) in [5, 5.41) is 12.8. The van der Waals surface area contributed by atoms with Gasteiger partial charge in [-0.25, -0.2) is 0 Å². The van der Waals surface area contributed by atoms with Gasteiger partial charge in [0.2, 0.25) is 11.8 Å². The number of carbonyl (C=O) groups excluding carboxylic acids is 2. The molecular formula is C13H24N2O4. The van der Waals surface area contributed by atoms with Crippen LogP contribution >= 0.6 is 0 Å². The van der Waals surface area contributed by atoms with Gasteiger partial charge in [0.1, 0.15) is 0 Å². The van der Waals surface area contributed by atoms with E-state index in [9.17, 15) is 14.7 Å². The van der Waals surface area contributed by atoms with Gasteiger partial charge in [0.25, 0.3) is 0 Å². The predicted octanol–water partition coefficient (Wildman–Crippen LogP) is -0.241. The van der Waals surface area contributed by atoms with E-state index < -0.39 is 6.10 Å². The van der Waals surface area contributed by atoms with Gasteiger partial charge >= 0.3 is 0 Å². The number of aliphatic hydroxyl groups excluding tert-OH is 1. The van der Waals surface area contributed by atoms with Crippen LogP contribution in [-0.2, 0) is 14.3 Å². The lowest BCUT2D eigenvalue weighted by molar-refractivity contribution is -0.154. The largest absolute Gasteiger partial charge is 0.390 e. The summed E-state index contributed by atoms with van der Waals surface area (Å²) < 4.78 is 4.87. The molecular weight excluding hydrogens is 248 g/mol. The van der Waals surface area contributed by atoms with Crippen molar-refractivity contribution < 1.29 is 19.4 Å². The Hall–Kier alpha value is -0.980. The second-order valence-corrected chi connectivity index (χ2v) is 5.77. The third kappa shape index (κ3) is 5.26. The molecule has 0 aromatic heterocycles. The van der Waals surface area contributed by atoms with Crippen LogP contribution in [0.1, 0.15) is 26.7 Å². The molecule has 0 radical (unpaired) electrons. The minimum atomic E-state index is -0.744. The van der Waals surface area contributed by atoms with E-state index in [-0.39, 0.29) is 23.8 Å². The topological polar surface area (TPSA) is 78.9 Å². The summed E-state index contributed by atoms with van der Waals surface area (Å²) in [6, 6.07) is 0. The van der Waals surface area contributed by atoms with Gasteiger partial charge in [-0.2, -0.15) is 0 Å². The molecule has 110 valence electrons. The normalized spacial score (nSPS) is 20.7. The van der Waals surface area contributed by atoms with Crippen LogP contribution in [-0.4, -0.2) is 61.3 Å². The third-order valence-corrected chi connectivity index (χ3v) is 3.12. The van der Waals surface area contributed by atoms with Crippen LogP contribution in [0.25, 0.3) is 0 Å². The molecule has 1 aliphatic heterocycles. The number of hydrogen-bond donors (Lipinski definition) is 2. The second-order valence-electron chi connectivity index (χ2n) is 5.77. The number of amides is 2. The quantitative estimate of drug-likeness (QED) is 0.494. The van der Waals surface area contributed by atoms with Crippen LogP contribution in [0.2, 0.25) is 0 Å². The molecule has 0 saturated carbocycles. The average molecular weight is 272 g/mol. The summed E-state index contributed by atoms with van der Waals surface area (Å²) >= 11 is 0. The van der Waals surface area contributed by atoms with Crippen LogP contribution in [0.15, 0.2) is 0 Å². The molecule has 1 heterocycles. The molecule has 19 heavy (non-hydrogen) atoms. The van der Waals surface area contributed by atoms with Gasteiger partial charge in [-0.15, -0.1) is 0 Å². The van der Waals surface area contributed by atoms with Crippen LogP contribution in [0, 0.1) is 5.41 Å². The average Bonchev–Trinajstić information content (AvgIpc) is 2.28. The Bertz CT molecular complexity index is 311. The molecule has 0 aromatic rings. The molecule has 0 aromatic carbocycles. The maximum atomic E-state index is 11.9. The molecule has 0 spiro atoms. The number of rotatable bonds is 7. The number of β-amino-alcohol motifs (C(OH)–C–C–N with tert-alkyl or cyclic N) is 1. The molecule has 2 N–H and O–H groups in total. The fourth-order valence-corrected chi connectivity index (χ4v) is 2.13.